The molecule has 0 bridgehead atoms. The number of rotatable bonds is 2. The fourth-order valence-electron chi connectivity index (χ4n) is 2.50. The fraction of sp³-hybridized carbons (Fsp3) is 0.286. The summed E-state index contributed by atoms with van der Waals surface area (Å²) in [4.78, 5) is 21.7. The van der Waals surface area contributed by atoms with Crippen molar-refractivity contribution in [1.82, 2.24) is 14.9 Å². The second-order valence-electron chi connectivity index (χ2n) is 4.50. The highest BCUT2D eigenvalue weighted by molar-refractivity contribution is 5.94. The molecule has 4 nitrogen and oxygen atoms in total. The number of benzene rings is 1. The lowest BCUT2D eigenvalue weighted by Gasteiger charge is -2.23. The summed E-state index contributed by atoms with van der Waals surface area (Å²) in [6.45, 7) is 0.805. The lowest BCUT2D eigenvalue weighted by Crippen LogP contribution is -2.31. The summed E-state index contributed by atoms with van der Waals surface area (Å²) in [5.41, 5.74) is 0.746. The minimum Gasteiger partial charge on any atom is -0.347 e. The first-order valence-corrected chi connectivity index (χ1v) is 6.21. The van der Waals surface area contributed by atoms with Crippen LogP contribution in [0.15, 0.2) is 42.7 Å². The molecule has 1 atom stereocenters. The highest BCUT2D eigenvalue weighted by Crippen LogP contribution is 2.30. The standard InChI is InChI=1S/C14H15N3O/c18-14(11-5-2-1-3-6-11)17-10-4-7-12(17)13-15-8-9-16-13/h1-3,5-6,8-9,12H,4,7,10H2,(H,15,16)/t12-/m0/s1. The van der Waals surface area contributed by atoms with E-state index in [1.165, 1.54) is 0 Å². The van der Waals surface area contributed by atoms with Crippen LogP contribution in [-0.4, -0.2) is 27.3 Å². The number of carbonyl (C=O) groups excluding carboxylic acids is 1. The van der Waals surface area contributed by atoms with E-state index < -0.39 is 0 Å². The van der Waals surface area contributed by atoms with Crippen LogP contribution in [0.25, 0.3) is 0 Å². The fourth-order valence-corrected chi connectivity index (χ4v) is 2.50. The smallest absolute Gasteiger partial charge is 0.254 e. The highest BCUT2D eigenvalue weighted by Gasteiger charge is 2.31. The van der Waals surface area contributed by atoms with Gasteiger partial charge in [-0.3, -0.25) is 4.79 Å². The molecule has 1 saturated heterocycles. The van der Waals surface area contributed by atoms with Crippen molar-refractivity contribution in [1.29, 1.82) is 0 Å². The number of hydrogen-bond donors (Lipinski definition) is 1. The zero-order chi connectivity index (χ0) is 12.4. The third kappa shape index (κ3) is 1.90. The molecule has 18 heavy (non-hydrogen) atoms. The third-order valence-corrected chi connectivity index (χ3v) is 3.37. The van der Waals surface area contributed by atoms with Crippen LogP contribution in [0.5, 0.6) is 0 Å². The van der Waals surface area contributed by atoms with E-state index in [-0.39, 0.29) is 11.9 Å². The highest BCUT2D eigenvalue weighted by atomic mass is 16.2. The van der Waals surface area contributed by atoms with Crippen molar-refractivity contribution in [3.63, 3.8) is 0 Å². The van der Waals surface area contributed by atoms with Crippen LogP contribution in [0.1, 0.15) is 35.1 Å². The molecule has 1 amide bonds. The maximum atomic E-state index is 12.4. The zero-order valence-electron chi connectivity index (χ0n) is 10.0. The van der Waals surface area contributed by atoms with Gasteiger partial charge in [-0.05, 0) is 25.0 Å². The molecule has 0 saturated carbocycles. The van der Waals surface area contributed by atoms with Gasteiger partial charge < -0.3 is 9.88 Å². The number of hydrogen-bond acceptors (Lipinski definition) is 2. The SMILES string of the molecule is O=C(c1ccccc1)N1CCC[C@H]1c1ncc[nH]1. The summed E-state index contributed by atoms with van der Waals surface area (Å²) in [6.07, 6.45) is 5.55. The van der Waals surface area contributed by atoms with Gasteiger partial charge in [-0.1, -0.05) is 18.2 Å². The van der Waals surface area contributed by atoms with Crippen molar-refractivity contribution in [2.75, 3.05) is 6.54 Å². The average molecular weight is 241 g/mol. The summed E-state index contributed by atoms with van der Waals surface area (Å²) in [5, 5.41) is 0. The van der Waals surface area contributed by atoms with Crippen molar-refractivity contribution >= 4 is 5.91 Å². The molecular formula is C14H15N3O. The molecule has 4 heteroatoms. The largest absolute Gasteiger partial charge is 0.347 e. The molecular weight excluding hydrogens is 226 g/mol. The van der Waals surface area contributed by atoms with Gasteiger partial charge in [0.15, 0.2) is 0 Å². The Kier molecular flexibility index (Phi) is 2.84. The molecule has 0 radical (unpaired) electrons. The maximum absolute atomic E-state index is 12.4. The van der Waals surface area contributed by atoms with Crippen LogP contribution < -0.4 is 0 Å². The van der Waals surface area contributed by atoms with Crippen molar-refractivity contribution < 1.29 is 4.79 Å². The maximum Gasteiger partial charge on any atom is 0.254 e. The number of imidazole rings is 1. The van der Waals surface area contributed by atoms with Crippen molar-refractivity contribution in [3.05, 3.63) is 54.1 Å². The van der Waals surface area contributed by atoms with Crippen molar-refractivity contribution in [2.24, 2.45) is 0 Å². The number of nitrogens with one attached hydrogen (secondary N) is 1. The van der Waals surface area contributed by atoms with Gasteiger partial charge in [0.25, 0.3) is 5.91 Å². The molecule has 2 aromatic rings. The van der Waals surface area contributed by atoms with E-state index in [1.54, 1.807) is 12.4 Å². The van der Waals surface area contributed by atoms with Gasteiger partial charge >= 0.3 is 0 Å². The lowest BCUT2D eigenvalue weighted by molar-refractivity contribution is 0.0730. The van der Waals surface area contributed by atoms with E-state index in [9.17, 15) is 4.79 Å². The number of H-pyrrole nitrogens is 1. The Morgan fingerprint density at radius 1 is 1.33 bits per heavy atom. The van der Waals surface area contributed by atoms with Crippen LogP contribution in [-0.2, 0) is 0 Å². The minimum atomic E-state index is 0.0905. The summed E-state index contributed by atoms with van der Waals surface area (Å²) in [7, 11) is 0. The number of aromatic nitrogens is 2. The van der Waals surface area contributed by atoms with Crippen LogP contribution >= 0.6 is 0 Å². The molecule has 92 valence electrons. The number of likely N-dealkylation sites (tertiary alicyclic amines) is 1. The van der Waals surface area contributed by atoms with Gasteiger partial charge in [-0.2, -0.15) is 0 Å². The molecule has 1 aliphatic heterocycles. The van der Waals surface area contributed by atoms with E-state index in [0.717, 1.165) is 30.8 Å². The minimum absolute atomic E-state index is 0.0905. The first-order valence-electron chi connectivity index (χ1n) is 6.21. The summed E-state index contributed by atoms with van der Waals surface area (Å²) in [5.74, 6) is 0.978. The van der Waals surface area contributed by atoms with Gasteiger partial charge in [0, 0.05) is 24.5 Å². The second kappa shape index (κ2) is 4.64. The molecule has 1 aliphatic rings. The number of nitrogens with zero attached hydrogens (tertiary/aromatic N) is 2. The van der Waals surface area contributed by atoms with Crippen LogP contribution in [0.2, 0.25) is 0 Å². The predicted molar refractivity (Wildman–Crippen MR) is 68.0 cm³/mol. The third-order valence-electron chi connectivity index (χ3n) is 3.37. The van der Waals surface area contributed by atoms with E-state index in [1.807, 2.05) is 35.2 Å². The summed E-state index contributed by atoms with van der Waals surface area (Å²) < 4.78 is 0. The number of amides is 1. The van der Waals surface area contributed by atoms with Gasteiger partial charge in [0.2, 0.25) is 0 Å². The first kappa shape index (κ1) is 11.0. The van der Waals surface area contributed by atoms with E-state index in [4.69, 9.17) is 0 Å². The van der Waals surface area contributed by atoms with Crippen molar-refractivity contribution in [2.45, 2.75) is 18.9 Å². The molecule has 1 fully saturated rings. The molecule has 0 aliphatic carbocycles. The van der Waals surface area contributed by atoms with Crippen molar-refractivity contribution in [3.8, 4) is 0 Å². The average Bonchev–Trinajstić information content (AvgIpc) is 3.09. The van der Waals surface area contributed by atoms with E-state index >= 15 is 0 Å². The first-order chi connectivity index (χ1) is 8.86. The normalized spacial score (nSPS) is 19.1. The Bertz CT molecular complexity index is 521. The van der Waals surface area contributed by atoms with E-state index in [2.05, 4.69) is 9.97 Å². The van der Waals surface area contributed by atoms with Crippen LogP contribution in [0.3, 0.4) is 0 Å². The van der Waals surface area contributed by atoms with Gasteiger partial charge in [0.1, 0.15) is 5.82 Å². The van der Waals surface area contributed by atoms with Gasteiger partial charge in [-0.25, -0.2) is 4.98 Å². The van der Waals surface area contributed by atoms with Crippen LogP contribution in [0.4, 0.5) is 0 Å². The van der Waals surface area contributed by atoms with Gasteiger partial charge in [0.05, 0.1) is 6.04 Å². The molecule has 1 aromatic heterocycles. The molecule has 2 heterocycles. The Hall–Kier alpha value is -2.10. The Morgan fingerprint density at radius 3 is 2.89 bits per heavy atom. The van der Waals surface area contributed by atoms with E-state index in [0.29, 0.717) is 0 Å². The second-order valence-corrected chi connectivity index (χ2v) is 4.50. The number of aromatic amines is 1. The summed E-state index contributed by atoms with van der Waals surface area (Å²) >= 11 is 0. The molecule has 3 rings (SSSR count). The Balaban J connectivity index is 1.85. The Morgan fingerprint density at radius 2 is 2.17 bits per heavy atom. The molecule has 0 spiro atoms. The topological polar surface area (TPSA) is 49.0 Å². The van der Waals surface area contributed by atoms with Crippen LogP contribution in [0, 0.1) is 0 Å². The monoisotopic (exact) mass is 241 g/mol. The molecule has 1 aromatic carbocycles. The number of carbonyl (C=O) groups is 1. The predicted octanol–water partition coefficient (Wildman–Crippen LogP) is 2.39. The lowest BCUT2D eigenvalue weighted by atomic mass is 10.1. The Labute approximate surface area is 106 Å². The van der Waals surface area contributed by atoms with Gasteiger partial charge in [-0.15, -0.1) is 0 Å². The quantitative estimate of drug-likeness (QED) is 0.877. The molecule has 0 unspecified atom stereocenters. The molecule has 1 N–H and O–H groups in total. The zero-order valence-corrected chi connectivity index (χ0v) is 10.0. The summed E-state index contributed by atoms with van der Waals surface area (Å²) in [6, 6.07) is 9.52.